The molecule has 0 amide bonds. The first-order chi connectivity index (χ1) is 5.57. The Labute approximate surface area is 77.7 Å². The number of hydrogen-bond donors (Lipinski definition) is 1. The summed E-state index contributed by atoms with van der Waals surface area (Å²) < 4.78 is 0. The lowest BCUT2D eigenvalue weighted by molar-refractivity contribution is -0.719. The summed E-state index contributed by atoms with van der Waals surface area (Å²) in [6, 6.07) is 0. The van der Waals surface area contributed by atoms with Crippen LogP contribution in [0.3, 0.4) is 0 Å². The molecular weight excluding hydrogens is 172 g/mol. The van der Waals surface area contributed by atoms with E-state index < -0.39 is 5.97 Å². The zero-order valence-corrected chi connectivity index (χ0v) is 8.13. The van der Waals surface area contributed by atoms with Crippen LogP contribution in [0.1, 0.15) is 20.3 Å². The van der Waals surface area contributed by atoms with Gasteiger partial charge in [-0.2, -0.15) is 0 Å². The predicted octanol–water partition coefficient (Wildman–Crippen LogP) is -2.27. The third-order valence-corrected chi connectivity index (χ3v) is 1.34. The average Bonchev–Trinajstić information content (AvgIpc) is 2.33. The maximum atomic E-state index is 8.89. The van der Waals surface area contributed by atoms with E-state index in [9.17, 15) is 0 Å². The first-order valence-electron chi connectivity index (χ1n) is 3.82. The van der Waals surface area contributed by atoms with Crippen LogP contribution < -0.4 is 10.0 Å². The van der Waals surface area contributed by atoms with Crippen molar-refractivity contribution in [3.05, 3.63) is 12.4 Å². The Morgan fingerprint density at radius 3 is 2.31 bits per heavy atom. The van der Waals surface area contributed by atoms with Crippen molar-refractivity contribution >= 4 is 11.8 Å². The van der Waals surface area contributed by atoms with E-state index in [1.54, 1.807) is 0 Å². The molecule has 13 heavy (non-hydrogen) atoms. The largest absolute Gasteiger partial charge is 0.550 e. The third kappa shape index (κ3) is 7.17. The number of carboxylic acids is 1. The second-order valence-electron chi connectivity index (χ2n) is 2.42. The molecule has 1 aliphatic rings. The minimum absolute atomic E-state index is 0. The molecule has 0 saturated heterocycles. The van der Waals surface area contributed by atoms with Gasteiger partial charge >= 0.3 is 0 Å². The summed E-state index contributed by atoms with van der Waals surface area (Å²) in [5, 5.41) is 8.89. The van der Waals surface area contributed by atoms with Gasteiger partial charge in [0.1, 0.15) is 6.20 Å². The maximum Gasteiger partial charge on any atom is 0.205 e. The van der Waals surface area contributed by atoms with Crippen LogP contribution >= 0.6 is 0 Å². The molecule has 0 spiro atoms. The zero-order chi connectivity index (χ0) is 9.56. The number of rotatable bonds is 1. The highest BCUT2D eigenvalue weighted by Gasteiger charge is 2.09. The SMILES string of the molecule is CC(=O)[O-].CCC1=NC=C[NH+]1C.O. The molecule has 0 aromatic carbocycles. The smallest absolute Gasteiger partial charge is 0.205 e. The van der Waals surface area contributed by atoms with Gasteiger partial charge in [0.15, 0.2) is 0 Å². The Morgan fingerprint density at radius 1 is 1.69 bits per heavy atom. The van der Waals surface area contributed by atoms with Gasteiger partial charge in [-0.3, -0.25) is 4.90 Å². The molecule has 0 aliphatic carbocycles. The number of hydrogen-bond acceptors (Lipinski definition) is 3. The van der Waals surface area contributed by atoms with Gasteiger partial charge in [0.25, 0.3) is 0 Å². The summed E-state index contributed by atoms with van der Waals surface area (Å²) in [7, 11) is 2.09. The lowest BCUT2D eigenvalue weighted by atomic mass is 10.4. The van der Waals surface area contributed by atoms with Gasteiger partial charge in [-0.05, 0) is 6.92 Å². The number of nitrogens with zero attached hydrogens (tertiary/aromatic N) is 1. The average molecular weight is 188 g/mol. The maximum absolute atomic E-state index is 8.89. The van der Waals surface area contributed by atoms with Crippen LogP contribution in [-0.2, 0) is 4.79 Å². The van der Waals surface area contributed by atoms with E-state index in [0.717, 1.165) is 13.3 Å². The van der Waals surface area contributed by atoms with Gasteiger partial charge in [0.2, 0.25) is 5.84 Å². The molecule has 0 aromatic heterocycles. The molecule has 1 heterocycles. The van der Waals surface area contributed by atoms with Gasteiger partial charge < -0.3 is 15.4 Å². The van der Waals surface area contributed by atoms with Gasteiger partial charge in [0, 0.05) is 12.4 Å². The van der Waals surface area contributed by atoms with E-state index in [2.05, 4.69) is 19.0 Å². The van der Waals surface area contributed by atoms with Gasteiger partial charge in [-0.25, -0.2) is 4.99 Å². The lowest BCUT2D eigenvalue weighted by Gasteiger charge is -2.00. The molecule has 0 bridgehead atoms. The molecule has 0 fully saturated rings. The number of aliphatic imine (C=N–C) groups is 1. The van der Waals surface area contributed by atoms with E-state index in [1.165, 1.54) is 10.7 Å². The van der Waals surface area contributed by atoms with Crippen LogP contribution in [0.15, 0.2) is 17.4 Å². The van der Waals surface area contributed by atoms with Crippen molar-refractivity contribution in [3.63, 3.8) is 0 Å². The molecule has 5 heteroatoms. The first kappa shape index (κ1) is 14.3. The van der Waals surface area contributed by atoms with Gasteiger partial charge in [-0.15, -0.1) is 0 Å². The monoisotopic (exact) mass is 188 g/mol. The molecule has 3 N–H and O–H groups in total. The van der Waals surface area contributed by atoms with Crippen LogP contribution in [0.5, 0.6) is 0 Å². The molecule has 0 aromatic rings. The van der Waals surface area contributed by atoms with Crippen LogP contribution in [0.2, 0.25) is 0 Å². The van der Waals surface area contributed by atoms with Crippen LogP contribution in [0.25, 0.3) is 0 Å². The Balaban J connectivity index is 0. The fourth-order valence-electron chi connectivity index (χ4n) is 0.807. The van der Waals surface area contributed by atoms with Crippen molar-refractivity contribution < 1.29 is 20.3 Å². The van der Waals surface area contributed by atoms with Gasteiger partial charge in [-0.1, -0.05) is 6.92 Å². The predicted molar refractivity (Wildman–Crippen MR) is 48.0 cm³/mol. The van der Waals surface area contributed by atoms with Gasteiger partial charge in [0.05, 0.1) is 13.2 Å². The number of carboxylic acid groups (broad SMARTS) is 1. The van der Waals surface area contributed by atoms with E-state index in [4.69, 9.17) is 9.90 Å². The fraction of sp³-hybridized carbons (Fsp3) is 0.500. The minimum atomic E-state index is -1.08. The molecule has 1 unspecified atom stereocenters. The van der Waals surface area contributed by atoms with Crippen molar-refractivity contribution in [1.82, 2.24) is 0 Å². The Bertz CT molecular complexity index is 207. The summed E-state index contributed by atoms with van der Waals surface area (Å²) in [5.74, 6) is 0.144. The summed E-state index contributed by atoms with van der Waals surface area (Å²) in [6.45, 7) is 3.09. The molecule has 1 atom stereocenters. The van der Waals surface area contributed by atoms with E-state index >= 15 is 0 Å². The second kappa shape index (κ2) is 7.45. The van der Waals surface area contributed by atoms with E-state index in [1.807, 2.05) is 12.4 Å². The number of aliphatic carboxylic acids is 1. The quantitative estimate of drug-likeness (QED) is 0.502. The fourth-order valence-corrected chi connectivity index (χ4v) is 0.807. The molecule has 0 radical (unpaired) electrons. The zero-order valence-electron chi connectivity index (χ0n) is 8.13. The summed E-state index contributed by atoms with van der Waals surface area (Å²) in [5.41, 5.74) is 0. The number of quaternary nitrogens is 1. The summed E-state index contributed by atoms with van der Waals surface area (Å²) in [4.78, 5) is 14.3. The van der Waals surface area contributed by atoms with Crippen molar-refractivity contribution in [2.45, 2.75) is 20.3 Å². The number of carbonyl (C=O) groups is 1. The highest BCUT2D eigenvalue weighted by atomic mass is 16.4. The van der Waals surface area contributed by atoms with Crippen molar-refractivity contribution in [2.24, 2.45) is 4.99 Å². The molecular formula is C8H16N2O3. The lowest BCUT2D eigenvalue weighted by Crippen LogP contribution is -3.06. The molecule has 1 aliphatic heterocycles. The number of amidine groups is 1. The highest BCUT2D eigenvalue weighted by molar-refractivity contribution is 5.75. The molecule has 76 valence electrons. The van der Waals surface area contributed by atoms with E-state index in [0.29, 0.717) is 0 Å². The van der Waals surface area contributed by atoms with Crippen LogP contribution in [0, 0.1) is 0 Å². The number of carbonyl (C=O) groups excluding carboxylic acids is 1. The summed E-state index contributed by atoms with van der Waals surface area (Å²) in [6.07, 6.45) is 4.95. The highest BCUT2D eigenvalue weighted by Crippen LogP contribution is 1.83. The Kier molecular flexibility index (Phi) is 8.21. The molecule has 0 saturated carbocycles. The normalized spacial score (nSPS) is 18.1. The minimum Gasteiger partial charge on any atom is -0.550 e. The Hall–Kier alpha value is -1.20. The molecule has 1 rings (SSSR count). The van der Waals surface area contributed by atoms with Crippen molar-refractivity contribution in [3.8, 4) is 0 Å². The summed E-state index contributed by atoms with van der Waals surface area (Å²) >= 11 is 0. The Morgan fingerprint density at radius 2 is 2.15 bits per heavy atom. The first-order valence-corrected chi connectivity index (χ1v) is 3.82. The topological polar surface area (TPSA) is 88.4 Å². The van der Waals surface area contributed by atoms with Crippen molar-refractivity contribution in [2.75, 3.05) is 7.05 Å². The third-order valence-electron chi connectivity index (χ3n) is 1.34. The van der Waals surface area contributed by atoms with Crippen molar-refractivity contribution in [1.29, 1.82) is 0 Å². The van der Waals surface area contributed by atoms with Crippen LogP contribution in [0.4, 0.5) is 0 Å². The second-order valence-corrected chi connectivity index (χ2v) is 2.42. The standard InChI is InChI=1S/C6H10N2.C2H4O2.H2O/c1-3-6-7-4-5-8(6)2;1-2(3)4;/h4-5H,3H2,1-2H3;1H3,(H,3,4);1H2. The van der Waals surface area contributed by atoms with Crippen LogP contribution in [-0.4, -0.2) is 24.3 Å². The number of nitrogens with one attached hydrogen (secondary N) is 1. The van der Waals surface area contributed by atoms with E-state index in [-0.39, 0.29) is 5.48 Å². The molecule has 5 nitrogen and oxygen atoms in total.